The van der Waals surface area contributed by atoms with Crippen LogP contribution in [-0.2, 0) is 24.2 Å². The lowest BCUT2D eigenvalue weighted by Gasteiger charge is -2.31. The number of hydrogen-bond acceptors (Lipinski definition) is 7. The van der Waals surface area contributed by atoms with Crippen molar-refractivity contribution in [1.82, 2.24) is 19.9 Å². The molecule has 33 heavy (non-hydrogen) atoms. The van der Waals surface area contributed by atoms with Gasteiger partial charge in [-0.25, -0.2) is 4.98 Å². The fraction of sp³-hybridized carbons (Fsp3) is 0.500. The van der Waals surface area contributed by atoms with Crippen molar-refractivity contribution in [3.05, 3.63) is 51.4 Å². The summed E-state index contributed by atoms with van der Waals surface area (Å²) in [5, 5.41) is 8.44. The molecule has 1 saturated heterocycles. The van der Waals surface area contributed by atoms with Gasteiger partial charge in [-0.3, -0.25) is 9.59 Å². The van der Waals surface area contributed by atoms with Gasteiger partial charge in [0.2, 0.25) is 16.0 Å². The van der Waals surface area contributed by atoms with E-state index >= 15 is 0 Å². The molecule has 5 rings (SSSR count). The molecule has 0 saturated carbocycles. The summed E-state index contributed by atoms with van der Waals surface area (Å²) in [6.45, 7) is 4.52. The molecule has 0 radical (unpaired) electrons. The molecule has 3 heterocycles. The third kappa shape index (κ3) is 4.59. The molecule has 8 nitrogen and oxygen atoms in total. The molecule has 1 atom stereocenters. The predicted octanol–water partition coefficient (Wildman–Crippen LogP) is 2.96. The monoisotopic (exact) mass is 467 g/mol. The van der Waals surface area contributed by atoms with Gasteiger partial charge in [0.05, 0.1) is 18.2 Å². The molecular formula is C24H29N5O3S. The van der Waals surface area contributed by atoms with Crippen LogP contribution in [0.1, 0.15) is 49.4 Å². The Morgan fingerprint density at radius 1 is 1.21 bits per heavy atom. The average Bonchev–Trinajstić information content (AvgIpc) is 3.28. The fourth-order valence-corrected chi connectivity index (χ4v) is 5.61. The van der Waals surface area contributed by atoms with Crippen molar-refractivity contribution in [2.24, 2.45) is 5.92 Å². The topological polar surface area (TPSA) is 88.8 Å². The molecule has 1 N–H and O–H groups in total. The second-order valence-electron chi connectivity index (χ2n) is 8.71. The number of nitrogens with zero attached hydrogens (tertiary/aromatic N) is 4. The van der Waals surface area contributed by atoms with E-state index in [4.69, 9.17) is 9.72 Å². The molecular weight excluding hydrogens is 438 g/mol. The van der Waals surface area contributed by atoms with E-state index in [1.165, 1.54) is 15.9 Å². The number of rotatable bonds is 6. The second-order valence-corrected chi connectivity index (χ2v) is 9.64. The summed E-state index contributed by atoms with van der Waals surface area (Å²) >= 11 is 1.44. The van der Waals surface area contributed by atoms with E-state index in [-0.39, 0.29) is 17.4 Å². The summed E-state index contributed by atoms with van der Waals surface area (Å²) in [6, 6.07) is 7.80. The summed E-state index contributed by atoms with van der Waals surface area (Å²) in [5.74, 6) is 0.785. The van der Waals surface area contributed by atoms with Crippen molar-refractivity contribution in [3.8, 4) is 5.75 Å². The highest BCUT2D eigenvalue weighted by Gasteiger charge is 2.28. The van der Waals surface area contributed by atoms with Crippen LogP contribution in [0.5, 0.6) is 5.75 Å². The minimum Gasteiger partial charge on any atom is -0.494 e. The molecule has 1 aliphatic carbocycles. The fourth-order valence-electron chi connectivity index (χ4n) is 4.66. The number of amides is 1. The van der Waals surface area contributed by atoms with Crippen LogP contribution < -0.4 is 20.5 Å². The maximum absolute atomic E-state index is 12.9. The summed E-state index contributed by atoms with van der Waals surface area (Å²) in [5.41, 5.74) is 2.77. The molecule has 1 fully saturated rings. The van der Waals surface area contributed by atoms with Crippen LogP contribution in [0.4, 0.5) is 5.13 Å². The third-order valence-corrected chi connectivity index (χ3v) is 7.40. The summed E-state index contributed by atoms with van der Waals surface area (Å²) in [4.78, 5) is 33.3. The van der Waals surface area contributed by atoms with Crippen molar-refractivity contribution in [2.75, 3.05) is 24.6 Å². The Bertz CT molecular complexity index is 1200. The molecule has 174 valence electrons. The Morgan fingerprint density at radius 3 is 2.85 bits per heavy atom. The van der Waals surface area contributed by atoms with Gasteiger partial charge in [-0.1, -0.05) is 23.5 Å². The van der Waals surface area contributed by atoms with Gasteiger partial charge < -0.3 is 15.0 Å². The standard InChI is InChI=1S/C24H29N5O3S/c1-2-32-18-11-9-16(10-12-18)14-25-21(30)17-6-5-13-28(15-17)24-27-29-22(31)19-7-3-4-8-20(19)26-23(29)33-24/h9-12,17H,2-8,13-15H2,1H3,(H,25,30)/t17-/m0/s1. The van der Waals surface area contributed by atoms with Crippen molar-refractivity contribution in [3.63, 3.8) is 0 Å². The first-order valence-corrected chi connectivity index (χ1v) is 12.6. The number of hydrogen-bond donors (Lipinski definition) is 1. The maximum atomic E-state index is 12.9. The zero-order valence-electron chi connectivity index (χ0n) is 18.9. The van der Waals surface area contributed by atoms with Gasteiger partial charge in [0.15, 0.2) is 0 Å². The van der Waals surface area contributed by atoms with E-state index in [9.17, 15) is 9.59 Å². The molecule has 1 aromatic carbocycles. The number of aromatic nitrogens is 3. The number of piperidine rings is 1. The van der Waals surface area contributed by atoms with Gasteiger partial charge in [-0.2, -0.15) is 4.52 Å². The molecule has 0 unspecified atom stereocenters. The minimum atomic E-state index is -0.105. The quantitative estimate of drug-likeness (QED) is 0.600. The highest BCUT2D eigenvalue weighted by atomic mass is 32.1. The van der Waals surface area contributed by atoms with Crippen LogP contribution in [-0.4, -0.2) is 40.2 Å². The molecule has 3 aromatic rings. The number of benzene rings is 1. The Kier molecular flexibility index (Phi) is 6.30. The number of aryl methyl sites for hydroxylation is 1. The largest absolute Gasteiger partial charge is 0.494 e. The lowest BCUT2D eigenvalue weighted by atomic mass is 9.97. The van der Waals surface area contributed by atoms with Crippen LogP contribution in [0.25, 0.3) is 4.96 Å². The van der Waals surface area contributed by atoms with Crippen LogP contribution >= 0.6 is 11.3 Å². The molecule has 9 heteroatoms. The first kappa shape index (κ1) is 21.9. The molecule has 1 aliphatic heterocycles. The van der Waals surface area contributed by atoms with Crippen LogP contribution in [0.15, 0.2) is 29.1 Å². The van der Waals surface area contributed by atoms with Gasteiger partial charge in [0.1, 0.15) is 5.75 Å². The third-order valence-electron chi connectivity index (χ3n) is 6.43. The van der Waals surface area contributed by atoms with E-state index in [1.54, 1.807) is 0 Å². The highest BCUT2D eigenvalue weighted by Crippen LogP contribution is 2.28. The van der Waals surface area contributed by atoms with E-state index < -0.39 is 0 Å². The van der Waals surface area contributed by atoms with E-state index in [1.807, 2.05) is 31.2 Å². The van der Waals surface area contributed by atoms with Gasteiger partial charge in [0.25, 0.3) is 5.56 Å². The summed E-state index contributed by atoms with van der Waals surface area (Å²) < 4.78 is 6.93. The second kappa shape index (κ2) is 9.51. The minimum absolute atomic E-state index is 0.0288. The van der Waals surface area contributed by atoms with Crippen molar-refractivity contribution < 1.29 is 9.53 Å². The Balaban J connectivity index is 1.25. The normalized spacial score (nSPS) is 18.2. The first-order valence-electron chi connectivity index (χ1n) is 11.8. The van der Waals surface area contributed by atoms with Crippen molar-refractivity contribution >= 4 is 27.3 Å². The summed E-state index contributed by atoms with van der Waals surface area (Å²) in [7, 11) is 0. The van der Waals surface area contributed by atoms with Crippen LogP contribution in [0, 0.1) is 5.92 Å². The lowest BCUT2D eigenvalue weighted by molar-refractivity contribution is -0.125. The zero-order valence-corrected chi connectivity index (χ0v) is 19.7. The molecule has 1 amide bonds. The first-order chi connectivity index (χ1) is 16.1. The number of ether oxygens (including phenoxy) is 1. The van der Waals surface area contributed by atoms with Crippen molar-refractivity contribution in [1.29, 1.82) is 0 Å². The predicted molar refractivity (Wildman–Crippen MR) is 128 cm³/mol. The molecule has 2 aromatic heterocycles. The number of carbonyl (C=O) groups is 1. The van der Waals surface area contributed by atoms with Gasteiger partial charge >= 0.3 is 0 Å². The Morgan fingerprint density at radius 2 is 2.03 bits per heavy atom. The maximum Gasteiger partial charge on any atom is 0.278 e. The van der Waals surface area contributed by atoms with Gasteiger partial charge in [0, 0.05) is 25.2 Å². The number of nitrogens with one attached hydrogen (secondary N) is 1. The van der Waals surface area contributed by atoms with Crippen molar-refractivity contribution in [2.45, 2.75) is 52.0 Å². The van der Waals surface area contributed by atoms with Gasteiger partial charge in [-0.15, -0.1) is 5.10 Å². The van der Waals surface area contributed by atoms with Gasteiger partial charge in [-0.05, 0) is 63.1 Å². The summed E-state index contributed by atoms with van der Waals surface area (Å²) in [6.07, 6.45) is 5.54. The Labute approximate surface area is 196 Å². The average molecular weight is 468 g/mol. The lowest BCUT2D eigenvalue weighted by Crippen LogP contribution is -2.43. The number of fused-ring (bicyclic) bond motifs is 2. The van der Waals surface area contributed by atoms with E-state index in [0.29, 0.717) is 24.7 Å². The highest BCUT2D eigenvalue weighted by molar-refractivity contribution is 7.20. The molecule has 2 aliphatic rings. The number of anilines is 1. The van der Waals surface area contributed by atoms with Crippen LogP contribution in [0.2, 0.25) is 0 Å². The smallest absolute Gasteiger partial charge is 0.278 e. The van der Waals surface area contributed by atoms with E-state index in [0.717, 1.165) is 72.8 Å². The molecule has 0 bridgehead atoms. The SMILES string of the molecule is CCOc1ccc(CNC(=O)[C@H]2CCCN(c3nn4c(=O)c5c(nc4s3)CCCC5)C2)cc1. The molecule has 0 spiro atoms. The van der Waals surface area contributed by atoms with E-state index in [2.05, 4.69) is 15.3 Å². The zero-order chi connectivity index (χ0) is 22.8. The number of carbonyl (C=O) groups excluding carboxylic acids is 1. The Hall–Kier alpha value is -2.94. The van der Waals surface area contributed by atoms with Crippen LogP contribution in [0.3, 0.4) is 0 Å².